The van der Waals surface area contributed by atoms with Crippen molar-refractivity contribution in [3.63, 3.8) is 0 Å². The first-order valence-corrected chi connectivity index (χ1v) is 4.17. The summed E-state index contributed by atoms with van der Waals surface area (Å²) in [6, 6.07) is 5.89. The van der Waals surface area contributed by atoms with Crippen LogP contribution in [0.4, 0.5) is 5.69 Å². The van der Waals surface area contributed by atoms with Crippen LogP contribution in [0, 0.1) is 10.1 Å². The lowest BCUT2D eigenvalue weighted by molar-refractivity contribution is -0.478. The highest BCUT2D eigenvalue weighted by Crippen LogP contribution is 2.13. The van der Waals surface area contributed by atoms with E-state index in [9.17, 15) is 14.9 Å². The van der Waals surface area contributed by atoms with Crippen molar-refractivity contribution in [2.45, 2.75) is 0 Å². The van der Waals surface area contributed by atoms with Crippen LogP contribution >= 0.6 is 0 Å². The quantitative estimate of drug-likeness (QED) is 0.456. The van der Waals surface area contributed by atoms with E-state index in [0.717, 1.165) is 0 Å². The number of hydrogen-bond acceptors (Lipinski definition) is 4. The van der Waals surface area contributed by atoms with Crippen molar-refractivity contribution in [1.29, 1.82) is 0 Å². The van der Waals surface area contributed by atoms with Crippen LogP contribution in [0.1, 0.15) is 10.4 Å². The molecule has 15 heavy (non-hydrogen) atoms. The van der Waals surface area contributed by atoms with Gasteiger partial charge in [-0.1, -0.05) is 0 Å². The number of carboxylic acids is 1. The van der Waals surface area contributed by atoms with Gasteiger partial charge < -0.3 is 10.0 Å². The first kappa shape index (κ1) is 11.0. The number of anilines is 1. The molecule has 0 atom stereocenters. The minimum absolute atomic E-state index is 0.160. The summed E-state index contributed by atoms with van der Waals surface area (Å²) >= 11 is 0. The van der Waals surface area contributed by atoms with Crippen LogP contribution in [0.15, 0.2) is 24.3 Å². The third-order valence-electron chi connectivity index (χ3n) is 1.88. The second-order valence-corrected chi connectivity index (χ2v) is 3.02. The van der Waals surface area contributed by atoms with Gasteiger partial charge in [-0.05, 0) is 24.3 Å². The van der Waals surface area contributed by atoms with Gasteiger partial charge in [0.2, 0.25) is 0 Å². The number of rotatable bonds is 4. The van der Waals surface area contributed by atoms with E-state index in [2.05, 4.69) is 0 Å². The molecule has 0 fully saturated rings. The smallest absolute Gasteiger partial charge is 0.335 e. The third-order valence-corrected chi connectivity index (χ3v) is 1.88. The minimum Gasteiger partial charge on any atom is -0.478 e. The van der Waals surface area contributed by atoms with Gasteiger partial charge in [0.1, 0.15) is 0 Å². The van der Waals surface area contributed by atoms with E-state index >= 15 is 0 Å². The molecule has 0 saturated carbocycles. The summed E-state index contributed by atoms with van der Waals surface area (Å²) in [5, 5.41) is 18.9. The fraction of sp³-hybridized carbons (Fsp3) is 0.222. The molecule has 1 aromatic rings. The highest BCUT2D eigenvalue weighted by atomic mass is 16.6. The fourth-order valence-corrected chi connectivity index (χ4v) is 1.11. The molecule has 0 spiro atoms. The van der Waals surface area contributed by atoms with E-state index in [0.29, 0.717) is 5.69 Å². The Balaban J connectivity index is 2.79. The normalized spacial score (nSPS) is 9.67. The first-order chi connectivity index (χ1) is 7.00. The molecule has 6 heteroatoms. The number of nitrogens with zero attached hydrogens (tertiary/aromatic N) is 2. The summed E-state index contributed by atoms with van der Waals surface area (Å²) < 4.78 is 0. The second-order valence-electron chi connectivity index (χ2n) is 3.02. The molecule has 80 valence electrons. The lowest BCUT2D eigenvalue weighted by atomic mass is 10.2. The Bertz CT molecular complexity index is 374. The zero-order valence-corrected chi connectivity index (χ0v) is 8.08. The van der Waals surface area contributed by atoms with E-state index in [1.807, 2.05) is 0 Å². The standard InChI is InChI=1S/C9H10N2O4/c1-10(6-11(14)15)8-4-2-7(3-5-8)9(12)13/h2-5H,6H2,1H3,(H,12,13). The molecule has 0 bridgehead atoms. The van der Waals surface area contributed by atoms with Gasteiger partial charge in [-0.25, -0.2) is 4.79 Å². The maximum atomic E-state index is 10.5. The van der Waals surface area contributed by atoms with E-state index in [-0.39, 0.29) is 12.2 Å². The maximum Gasteiger partial charge on any atom is 0.335 e. The van der Waals surface area contributed by atoms with Crippen molar-refractivity contribution in [3.05, 3.63) is 39.9 Å². The van der Waals surface area contributed by atoms with Crippen molar-refractivity contribution >= 4 is 11.7 Å². The van der Waals surface area contributed by atoms with Crippen LogP contribution < -0.4 is 4.90 Å². The van der Waals surface area contributed by atoms with Crippen molar-refractivity contribution in [2.24, 2.45) is 0 Å². The Morgan fingerprint density at radius 1 is 1.47 bits per heavy atom. The fourth-order valence-electron chi connectivity index (χ4n) is 1.11. The summed E-state index contributed by atoms with van der Waals surface area (Å²) in [6.45, 7) is -0.313. The van der Waals surface area contributed by atoms with Gasteiger partial charge in [-0.15, -0.1) is 0 Å². The van der Waals surface area contributed by atoms with Gasteiger partial charge in [-0.2, -0.15) is 0 Å². The van der Waals surface area contributed by atoms with E-state index in [1.54, 1.807) is 7.05 Å². The summed E-state index contributed by atoms with van der Waals surface area (Å²) in [7, 11) is 1.57. The monoisotopic (exact) mass is 210 g/mol. The van der Waals surface area contributed by atoms with Crippen molar-refractivity contribution in [2.75, 3.05) is 18.6 Å². The molecular formula is C9H10N2O4. The molecule has 1 rings (SSSR count). The van der Waals surface area contributed by atoms with Crippen LogP contribution in [0.5, 0.6) is 0 Å². The highest BCUT2D eigenvalue weighted by molar-refractivity contribution is 5.88. The van der Waals surface area contributed by atoms with E-state index < -0.39 is 10.9 Å². The van der Waals surface area contributed by atoms with Gasteiger partial charge in [0.15, 0.2) is 0 Å². The van der Waals surface area contributed by atoms with Gasteiger partial charge >= 0.3 is 5.97 Å². The first-order valence-electron chi connectivity index (χ1n) is 4.17. The molecule has 1 aromatic carbocycles. The molecule has 6 nitrogen and oxygen atoms in total. The van der Waals surface area contributed by atoms with Crippen LogP contribution in [0.25, 0.3) is 0 Å². The zero-order valence-electron chi connectivity index (χ0n) is 8.08. The van der Waals surface area contributed by atoms with E-state index in [1.165, 1.54) is 29.2 Å². The highest BCUT2D eigenvalue weighted by Gasteiger charge is 2.07. The van der Waals surface area contributed by atoms with Crippen molar-refractivity contribution in [3.8, 4) is 0 Å². The van der Waals surface area contributed by atoms with Gasteiger partial charge in [-0.3, -0.25) is 10.1 Å². The molecule has 0 amide bonds. The number of hydrogen-bond donors (Lipinski definition) is 1. The van der Waals surface area contributed by atoms with E-state index in [4.69, 9.17) is 5.11 Å². The van der Waals surface area contributed by atoms with Crippen molar-refractivity contribution in [1.82, 2.24) is 0 Å². The van der Waals surface area contributed by atoms with Crippen LogP contribution in [0.3, 0.4) is 0 Å². The average molecular weight is 210 g/mol. The Hall–Kier alpha value is -2.11. The van der Waals surface area contributed by atoms with Gasteiger partial charge in [0.05, 0.1) is 5.56 Å². The molecule has 0 radical (unpaired) electrons. The predicted octanol–water partition coefficient (Wildman–Crippen LogP) is 1.06. The molecule has 0 aliphatic carbocycles. The van der Waals surface area contributed by atoms with Gasteiger partial charge in [0.25, 0.3) is 6.67 Å². The average Bonchev–Trinajstić information content (AvgIpc) is 2.17. The van der Waals surface area contributed by atoms with Crippen molar-refractivity contribution < 1.29 is 14.8 Å². The Morgan fingerprint density at radius 3 is 2.40 bits per heavy atom. The Morgan fingerprint density at radius 2 is 2.00 bits per heavy atom. The Kier molecular flexibility index (Phi) is 3.22. The largest absolute Gasteiger partial charge is 0.478 e. The molecule has 0 aromatic heterocycles. The number of benzene rings is 1. The third kappa shape index (κ3) is 2.94. The zero-order chi connectivity index (χ0) is 11.4. The number of carboxylic acid groups (broad SMARTS) is 1. The molecular weight excluding hydrogens is 200 g/mol. The summed E-state index contributed by atoms with van der Waals surface area (Å²) in [5.74, 6) is -1.02. The molecule has 0 aliphatic heterocycles. The molecule has 0 saturated heterocycles. The maximum absolute atomic E-state index is 10.5. The SMILES string of the molecule is CN(C[N+](=O)[O-])c1ccc(C(=O)O)cc1. The Labute approximate surface area is 85.9 Å². The molecule has 0 unspecified atom stereocenters. The minimum atomic E-state index is -1.02. The summed E-state index contributed by atoms with van der Waals surface area (Å²) in [6.07, 6.45) is 0. The summed E-state index contributed by atoms with van der Waals surface area (Å²) in [4.78, 5) is 21.7. The molecule has 0 aliphatic rings. The lowest BCUT2D eigenvalue weighted by Crippen LogP contribution is -2.24. The summed E-state index contributed by atoms with van der Waals surface area (Å²) in [5.41, 5.74) is 0.768. The lowest BCUT2D eigenvalue weighted by Gasteiger charge is -2.13. The second kappa shape index (κ2) is 4.41. The number of aromatic carboxylic acids is 1. The number of carbonyl (C=O) groups is 1. The predicted molar refractivity (Wildman–Crippen MR) is 53.7 cm³/mol. The van der Waals surface area contributed by atoms with Crippen LogP contribution in [-0.4, -0.2) is 29.7 Å². The number of nitro groups is 1. The van der Waals surface area contributed by atoms with Crippen LogP contribution in [-0.2, 0) is 0 Å². The topological polar surface area (TPSA) is 83.7 Å². The van der Waals surface area contributed by atoms with Crippen LogP contribution in [0.2, 0.25) is 0 Å². The molecule has 0 heterocycles. The van der Waals surface area contributed by atoms with Gasteiger partial charge in [0, 0.05) is 17.7 Å². The molecule has 1 N–H and O–H groups in total.